The maximum atomic E-state index is 13.5. The first-order valence-corrected chi connectivity index (χ1v) is 9.27. The third-order valence-electron chi connectivity index (χ3n) is 4.74. The van der Waals surface area contributed by atoms with Gasteiger partial charge < -0.3 is 14.7 Å². The van der Waals surface area contributed by atoms with Crippen LogP contribution in [0.3, 0.4) is 0 Å². The first kappa shape index (κ1) is 19.6. The molecule has 0 spiro atoms. The number of aryl methyl sites for hydroxylation is 1. The van der Waals surface area contributed by atoms with Crippen LogP contribution in [0, 0.1) is 18.3 Å². The first-order valence-electron chi connectivity index (χ1n) is 9.27. The van der Waals surface area contributed by atoms with E-state index in [1.807, 2.05) is 6.07 Å². The van der Waals surface area contributed by atoms with Crippen LogP contribution in [0.4, 0.5) is 14.6 Å². The number of alkyl halides is 2. The highest BCUT2D eigenvalue weighted by molar-refractivity contribution is 5.53. The van der Waals surface area contributed by atoms with Gasteiger partial charge in [0.1, 0.15) is 17.3 Å². The van der Waals surface area contributed by atoms with Crippen LogP contribution < -0.4 is 9.64 Å². The van der Waals surface area contributed by atoms with Crippen molar-refractivity contribution in [2.45, 2.75) is 25.7 Å². The average Bonchev–Trinajstić information content (AvgIpc) is 3.13. The summed E-state index contributed by atoms with van der Waals surface area (Å²) in [6.45, 7) is 2.06. The Balaban J connectivity index is 1.66. The molecule has 10 heteroatoms. The third kappa shape index (κ3) is 4.15. The summed E-state index contributed by atoms with van der Waals surface area (Å²) in [5, 5.41) is 22.9. The minimum absolute atomic E-state index is 0.0209. The quantitative estimate of drug-likeness (QED) is 0.699. The lowest BCUT2D eigenvalue weighted by atomic mass is 10.1. The van der Waals surface area contributed by atoms with Crippen LogP contribution >= 0.6 is 0 Å². The predicted molar refractivity (Wildman–Crippen MR) is 103 cm³/mol. The van der Waals surface area contributed by atoms with E-state index in [4.69, 9.17) is 4.74 Å². The Morgan fingerprint density at radius 2 is 1.97 bits per heavy atom. The van der Waals surface area contributed by atoms with Crippen LogP contribution in [0.25, 0.3) is 5.69 Å². The number of ether oxygens (including phenoxy) is 1. The van der Waals surface area contributed by atoms with E-state index in [1.165, 1.54) is 23.1 Å². The van der Waals surface area contributed by atoms with Crippen LogP contribution in [-0.4, -0.2) is 43.9 Å². The van der Waals surface area contributed by atoms with Crippen molar-refractivity contribution in [2.75, 3.05) is 18.0 Å². The van der Waals surface area contributed by atoms with E-state index in [9.17, 15) is 19.1 Å². The lowest BCUT2D eigenvalue weighted by Gasteiger charge is -2.32. The Labute approximate surface area is 171 Å². The molecular weight excluding hydrogens is 394 g/mol. The summed E-state index contributed by atoms with van der Waals surface area (Å²) < 4.78 is 34.3. The largest absolute Gasteiger partial charge is 0.505 e. The zero-order chi connectivity index (χ0) is 21.3. The summed E-state index contributed by atoms with van der Waals surface area (Å²) in [7, 11) is 0. The maximum absolute atomic E-state index is 13.5. The molecule has 1 fully saturated rings. The fourth-order valence-corrected chi connectivity index (χ4v) is 3.21. The molecule has 0 amide bonds. The maximum Gasteiger partial charge on any atom is 0.251 e. The fourth-order valence-electron chi connectivity index (χ4n) is 3.21. The third-order valence-corrected chi connectivity index (χ3v) is 4.74. The summed E-state index contributed by atoms with van der Waals surface area (Å²) >= 11 is 0. The highest BCUT2D eigenvalue weighted by Crippen LogP contribution is 2.33. The van der Waals surface area contributed by atoms with E-state index in [2.05, 4.69) is 15.1 Å². The van der Waals surface area contributed by atoms with E-state index in [0.29, 0.717) is 28.6 Å². The Kier molecular flexibility index (Phi) is 4.95. The van der Waals surface area contributed by atoms with Crippen LogP contribution in [0.2, 0.25) is 0 Å². The van der Waals surface area contributed by atoms with Crippen molar-refractivity contribution in [1.82, 2.24) is 19.7 Å². The minimum atomic E-state index is -2.65. The van der Waals surface area contributed by atoms with Crippen molar-refractivity contribution in [3.8, 4) is 29.1 Å². The number of benzene rings is 1. The van der Waals surface area contributed by atoms with Crippen LogP contribution in [-0.2, 0) is 0 Å². The number of aromatic nitrogens is 4. The Morgan fingerprint density at radius 1 is 1.20 bits per heavy atom. The molecule has 3 heterocycles. The second-order valence-electron chi connectivity index (χ2n) is 6.99. The summed E-state index contributed by atoms with van der Waals surface area (Å²) in [5.41, 5.74) is 0.860. The fraction of sp³-hybridized carbons (Fsp3) is 0.300. The van der Waals surface area contributed by atoms with E-state index >= 15 is 0 Å². The number of hydrogen-bond donors (Lipinski definition) is 1. The van der Waals surface area contributed by atoms with Gasteiger partial charge in [0.25, 0.3) is 5.92 Å². The normalized spacial score (nSPS) is 15.6. The zero-order valence-corrected chi connectivity index (χ0v) is 16.1. The second kappa shape index (κ2) is 7.59. The lowest BCUT2D eigenvalue weighted by molar-refractivity contribution is -0.0221. The molecule has 4 rings (SSSR count). The smallest absolute Gasteiger partial charge is 0.251 e. The SMILES string of the molecule is Cc1nc(Oc2cc(C#N)ccc2-n2cc(O)cn2)cc(N2CCC(F)(F)CC2)n1. The van der Waals surface area contributed by atoms with Crippen molar-refractivity contribution in [3.05, 3.63) is 48.0 Å². The van der Waals surface area contributed by atoms with Crippen molar-refractivity contribution in [3.63, 3.8) is 0 Å². The number of anilines is 1. The van der Waals surface area contributed by atoms with E-state index < -0.39 is 5.92 Å². The molecule has 0 bridgehead atoms. The number of nitrogens with zero attached hydrogens (tertiary/aromatic N) is 6. The summed E-state index contributed by atoms with van der Waals surface area (Å²) in [6.07, 6.45) is 2.21. The van der Waals surface area contributed by atoms with Gasteiger partial charge in [0.15, 0.2) is 11.5 Å². The number of piperidine rings is 1. The molecule has 3 aromatic rings. The molecule has 0 radical (unpaired) electrons. The molecule has 0 unspecified atom stereocenters. The van der Waals surface area contributed by atoms with Gasteiger partial charge in [-0.3, -0.25) is 0 Å². The van der Waals surface area contributed by atoms with Crippen LogP contribution in [0.15, 0.2) is 36.7 Å². The first-order chi connectivity index (χ1) is 14.3. The van der Waals surface area contributed by atoms with Gasteiger partial charge in [-0.1, -0.05) is 0 Å². The van der Waals surface area contributed by atoms with Crippen LogP contribution in [0.1, 0.15) is 24.2 Å². The van der Waals surface area contributed by atoms with Crippen molar-refractivity contribution < 1.29 is 18.6 Å². The lowest BCUT2D eigenvalue weighted by Crippen LogP contribution is -2.39. The molecule has 1 aromatic carbocycles. The molecule has 0 aliphatic carbocycles. The molecule has 154 valence electrons. The zero-order valence-electron chi connectivity index (χ0n) is 16.1. The molecule has 1 saturated heterocycles. The van der Waals surface area contributed by atoms with Gasteiger partial charge in [-0.2, -0.15) is 15.3 Å². The molecular formula is C20H18F2N6O2. The van der Waals surface area contributed by atoms with Gasteiger partial charge in [-0.25, -0.2) is 18.4 Å². The molecule has 1 N–H and O–H groups in total. The topological polar surface area (TPSA) is 100 Å². The number of halogens is 2. The van der Waals surface area contributed by atoms with E-state index in [0.717, 1.165) is 0 Å². The summed E-state index contributed by atoms with van der Waals surface area (Å²) in [4.78, 5) is 10.4. The van der Waals surface area contributed by atoms with Gasteiger partial charge in [-0.15, -0.1) is 0 Å². The van der Waals surface area contributed by atoms with E-state index in [-0.39, 0.29) is 37.6 Å². The molecule has 8 nitrogen and oxygen atoms in total. The summed E-state index contributed by atoms with van der Waals surface area (Å²) in [6, 6.07) is 8.41. The van der Waals surface area contributed by atoms with E-state index in [1.54, 1.807) is 30.0 Å². The van der Waals surface area contributed by atoms with Gasteiger partial charge in [0, 0.05) is 38.1 Å². The van der Waals surface area contributed by atoms with Gasteiger partial charge in [0.2, 0.25) is 5.88 Å². The van der Waals surface area contributed by atoms with Crippen LogP contribution in [0.5, 0.6) is 17.4 Å². The number of aromatic hydroxyl groups is 1. The Hall–Kier alpha value is -3.74. The standard InChI is InChI=1S/C20H18F2N6O2/c1-13-25-18(27-6-4-20(21,22)5-7-27)9-19(26-13)30-17-8-14(10-23)2-3-16(17)28-12-15(29)11-24-28/h2-3,8-9,11-12,29H,4-7H2,1H3. The van der Waals surface area contributed by atoms with Gasteiger partial charge in [0.05, 0.1) is 24.0 Å². The summed E-state index contributed by atoms with van der Waals surface area (Å²) in [5.74, 6) is -1.24. The number of rotatable bonds is 4. The van der Waals surface area contributed by atoms with Gasteiger partial charge >= 0.3 is 0 Å². The van der Waals surface area contributed by atoms with Crippen molar-refractivity contribution in [2.24, 2.45) is 0 Å². The predicted octanol–water partition coefficient (Wildman–Crippen LogP) is 3.58. The number of hydrogen-bond acceptors (Lipinski definition) is 7. The molecule has 1 aliphatic rings. The molecule has 30 heavy (non-hydrogen) atoms. The molecule has 0 atom stereocenters. The number of nitriles is 1. The van der Waals surface area contributed by atoms with Gasteiger partial charge in [-0.05, 0) is 19.1 Å². The highest BCUT2D eigenvalue weighted by atomic mass is 19.3. The Bertz CT molecular complexity index is 1110. The highest BCUT2D eigenvalue weighted by Gasteiger charge is 2.34. The van der Waals surface area contributed by atoms with Crippen molar-refractivity contribution >= 4 is 5.82 Å². The van der Waals surface area contributed by atoms with Crippen molar-refractivity contribution in [1.29, 1.82) is 5.26 Å². The Morgan fingerprint density at radius 3 is 2.63 bits per heavy atom. The molecule has 0 saturated carbocycles. The minimum Gasteiger partial charge on any atom is -0.505 e. The second-order valence-corrected chi connectivity index (χ2v) is 6.99. The monoisotopic (exact) mass is 412 g/mol. The average molecular weight is 412 g/mol. The molecule has 2 aromatic heterocycles. The molecule has 1 aliphatic heterocycles.